The van der Waals surface area contributed by atoms with Gasteiger partial charge in [0.15, 0.2) is 5.82 Å². The number of amides is 2. The lowest BCUT2D eigenvalue weighted by Crippen LogP contribution is -2.40. The number of hydrogen-bond acceptors (Lipinski definition) is 7. The number of thiazole rings is 1. The third-order valence-electron chi connectivity index (χ3n) is 4.97. The van der Waals surface area contributed by atoms with Gasteiger partial charge in [-0.25, -0.2) is 9.97 Å². The predicted octanol–water partition coefficient (Wildman–Crippen LogP) is 3.29. The van der Waals surface area contributed by atoms with E-state index in [0.29, 0.717) is 36.1 Å². The van der Waals surface area contributed by atoms with E-state index < -0.39 is 0 Å². The number of pyridine rings is 2. The Labute approximate surface area is 185 Å². The van der Waals surface area contributed by atoms with Gasteiger partial charge in [0.2, 0.25) is 5.91 Å². The van der Waals surface area contributed by atoms with Crippen LogP contribution in [0.3, 0.4) is 0 Å². The SMILES string of the molecule is CC(C)c1nc(CN(C)C(=O)c2cnc3c(c2)N(Cc2ccccn2)C(=O)CN3)cs1. The van der Waals surface area contributed by atoms with Crippen molar-refractivity contribution in [1.82, 2.24) is 19.9 Å². The molecular weight excluding hydrogens is 412 g/mol. The van der Waals surface area contributed by atoms with Crippen molar-refractivity contribution in [3.05, 3.63) is 64.0 Å². The number of fused-ring (bicyclic) bond motifs is 1. The van der Waals surface area contributed by atoms with Crippen LogP contribution < -0.4 is 10.2 Å². The second-order valence-corrected chi connectivity index (χ2v) is 8.63. The maximum atomic E-state index is 13.0. The van der Waals surface area contributed by atoms with Crippen LogP contribution in [-0.4, -0.2) is 45.3 Å². The fraction of sp³-hybridized carbons (Fsp3) is 0.318. The molecule has 2 amide bonds. The van der Waals surface area contributed by atoms with Crippen molar-refractivity contribution < 1.29 is 9.59 Å². The van der Waals surface area contributed by atoms with Crippen molar-refractivity contribution in [2.75, 3.05) is 23.8 Å². The first kappa shape index (κ1) is 20.9. The number of rotatable bonds is 6. The van der Waals surface area contributed by atoms with E-state index >= 15 is 0 Å². The molecule has 0 saturated heterocycles. The summed E-state index contributed by atoms with van der Waals surface area (Å²) in [6, 6.07) is 7.29. The summed E-state index contributed by atoms with van der Waals surface area (Å²) in [5, 5.41) is 6.06. The van der Waals surface area contributed by atoms with Gasteiger partial charge < -0.3 is 15.1 Å². The van der Waals surface area contributed by atoms with Crippen molar-refractivity contribution in [1.29, 1.82) is 0 Å². The molecule has 0 bridgehead atoms. The van der Waals surface area contributed by atoms with Crippen LogP contribution >= 0.6 is 11.3 Å². The van der Waals surface area contributed by atoms with Gasteiger partial charge in [-0.1, -0.05) is 19.9 Å². The van der Waals surface area contributed by atoms with E-state index in [9.17, 15) is 9.59 Å². The Morgan fingerprint density at radius 2 is 2.13 bits per heavy atom. The van der Waals surface area contributed by atoms with Gasteiger partial charge >= 0.3 is 0 Å². The molecule has 0 fully saturated rings. The van der Waals surface area contributed by atoms with Crippen LogP contribution in [0, 0.1) is 0 Å². The first-order valence-electron chi connectivity index (χ1n) is 10.1. The van der Waals surface area contributed by atoms with E-state index in [2.05, 4.69) is 34.1 Å². The van der Waals surface area contributed by atoms with E-state index in [-0.39, 0.29) is 18.4 Å². The fourth-order valence-electron chi connectivity index (χ4n) is 3.32. The second-order valence-electron chi connectivity index (χ2n) is 7.74. The molecule has 3 aromatic heterocycles. The highest BCUT2D eigenvalue weighted by Crippen LogP contribution is 2.30. The molecule has 1 N–H and O–H groups in total. The minimum atomic E-state index is -0.176. The Hall–Kier alpha value is -3.33. The molecular formula is C22H24N6O2S. The van der Waals surface area contributed by atoms with Gasteiger partial charge in [-0.05, 0) is 18.2 Å². The van der Waals surface area contributed by atoms with E-state index in [0.717, 1.165) is 16.4 Å². The summed E-state index contributed by atoms with van der Waals surface area (Å²) in [7, 11) is 1.74. The minimum Gasteiger partial charge on any atom is -0.359 e. The summed E-state index contributed by atoms with van der Waals surface area (Å²) in [6.45, 7) is 5.08. The lowest BCUT2D eigenvalue weighted by molar-refractivity contribution is -0.117. The maximum Gasteiger partial charge on any atom is 0.255 e. The van der Waals surface area contributed by atoms with Gasteiger partial charge in [0, 0.05) is 30.7 Å². The Kier molecular flexibility index (Phi) is 5.94. The van der Waals surface area contributed by atoms with Crippen molar-refractivity contribution in [3.8, 4) is 0 Å². The summed E-state index contributed by atoms with van der Waals surface area (Å²) < 4.78 is 0. The average molecular weight is 437 g/mol. The lowest BCUT2D eigenvalue weighted by atomic mass is 10.1. The molecule has 8 nitrogen and oxygen atoms in total. The van der Waals surface area contributed by atoms with Crippen LogP contribution in [0.5, 0.6) is 0 Å². The third-order valence-corrected chi connectivity index (χ3v) is 6.16. The zero-order valence-corrected chi connectivity index (χ0v) is 18.5. The van der Waals surface area contributed by atoms with Crippen LogP contribution in [0.25, 0.3) is 0 Å². The van der Waals surface area contributed by atoms with Gasteiger partial charge in [0.05, 0.1) is 47.3 Å². The Morgan fingerprint density at radius 3 is 2.84 bits per heavy atom. The molecule has 0 saturated carbocycles. The summed E-state index contributed by atoms with van der Waals surface area (Å²) in [5.41, 5.74) is 2.63. The van der Waals surface area contributed by atoms with Gasteiger partial charge in [0.1, 0.15) is 0 Å². The zero-order valence-electron chi connectivity index (χ0n) is 17.7. The van der Waals surface area contributed by atoms with Crippen molar-refractivity contribution >= 4 is 34.7 Å². The molecule has 3 aromatic rings. The molecule has 0 aliphatic carbocycles. The van der Waals surface area contributed by atoms with Crippen LogP contribution in [-0.2, 0) is 17.9 Å². The first-order chi connectivity index (χ1) is 14.9. The number of carbonyl (C=O) groups excluding carboxylic acids is 2. The van der Waals surface area contributed by atoms with Crippen LogP contribution in [0.4, 0.5) is 11.5 Å². The standard InChI is InChI=1S/C22H24N6O2S/c1-14(2)21-26-17(13-31-21)11-27(3)22(30)15-8-18-20(24-9-15)25-10-19(29)28(18)12-16-6-4-5-7-23-16/h4-9,13-14H,10-12H2,1-3H3,(H,24,25). The number of carbonyl (C=O) groups is 2. The molecule has 0 radical (unpaired) electrons. The van der Waals surface area contributed by atoms with Crippen LogP contribution in [0.15, 0.2) is 42.0 Å². The van der Waals surface area contributed by atoms with Gasteiger partial charge in [-0.15, -0.1) is 11.3 Å². The highest BCUT2D eigenvalue weighted by Gasteiger charge is 2.27. The number of nitrogens with one attached hydrogen (secondary N) is 1. The fourth-order valence-corrected chi connectivity index (χ4v) is 4.15. The third kappa shape index (κ3) is 4.56. The molecule has 9 heteroatoms. The molecule has 1 aliphatic rings. The highest BCUT2D eigenvalue weighted by atomic mass is 32.1. The molecule has 0 aromatic carbocycles. The van der Waals surface area contributed by atoms with Crippen LogP contribution in [0.1, 0.15) is 46.5 Å². The van der Waals surface area contributed by atoms with Crippen molar-refractivity contribution in [3.63, 3.8) is 0 Å². The zero-order chi connectivity index (χ0) is 22.0. The first-order valence-corrected chi connectivity index (χ1v) is 10.9. The van der Waals surface area contributed by atoms with Gasteiger partial charge in [0.25, 0.3) is 5.91 Å². The topological polar surface area (TPSA) is 91.3 Å². The molecule has 0 atom stereocenters. The monoisotopic (exact) mass is 436 g/mol. The summed E-state index contributed by atoms with van der Waals surface area (Å²) in [5.74, 6) is 0.669. The van der Waals surface area contributed by atoms with E-state index in [1.165, 1.54) is 0 Å². The smallest absolute Gasteiger partial charge is 0.255 e. The second kappa shape index (κ2) is 8.81. The van der Waals surface area contributed by atoms with E-state index in [1.54, 1.807) is 46.6 Å². The lowest BCUT2D eigenvalue weighted by Gasteiger charge is -2.29. The number of nitrogens with zero attached hydrogens (tertiary/aromatic N) is 5. The van der Waals surface area contributed by atoms with E-state index in [4.69, 9.17) is 0 Å². The molecule has 4 rings (SSSR count). The predicted molar refractivity (Wildman–Crippen MR) is 120 cm³/mol. The van der Waals surface area contributed by atoms with Crippen molar-refractivity contribution in [2.45, 2.75) is 32.9 Å². The Bertz CT molecular complexity index is 1100. The molecule has 4 heterocycles. The van der Waals surface area contributed by atoms with E-state index in [1.807, 2.05) is 23.6 Å². The summed E-state index contributed by atoms with van der Waals surface area (Å²) in [6.07, 6.45) is 3.24. The average Bonchev–Trinajstić information content (AvgIpc) is 3.24. The Balaban J connectivity index is 1.55. The van der Waals surface area contributed by atoms with Crippen LogP contribution in [0.2, 0.25) is 0 Å². The Morgan fingerprint density at radius 1 is 1.29 bits per heavy atom. The minimum absolute atomic E-state index is 0.0957. The molecule has 0 spiro atoms. The number of anilines is 2. The molecule has 0 unspecified atom stereocenters. The maximum absolute atomic E-state index is 13.0. The number of aromatic nitrogens is 3. The quantitative estimate of drug-likeness (QED) is 0.638. The van der Waals surface area contributed by atoms with Gasteiger partial charge in [-0.2, -0.15) is 0 Å². The van der Waals surface area contributed by atoms with Crippen molar-refractivity contribution in [2.24, 2.45) is 0 Å². The molecule has 1 aliphatic heterocycles. The summed E-state index contributed by atoms with van der Waals surface area (Å²) in [4.78, 5) is 42.2. The normalized spacial score (nSPS) is 13.2. The highest BCUT2D eigenvalue weighted by molar-refractivity contribution is 7.09. The summed E-state index contributed by atoms with van der Waals surface area (Å²) >= 11 is 1.61. The molecule has 160 valence electrons. The number of hydrogen-bond donors (Lipinski definition) is 1. The van der Waals surface area contributed by atoms with Gasteiger partial charge in [-0.3, -0.25) is 14.6 Å². The molecule has 31 heavy (non-hydrogen) atoms. The largest absolute Gasteiger partial charge is 0.359 e.